The fourth-order valence-electron chi connectivity index (χ4n) is 4.23. The Hall–Kier alpha value is -2.11. The first-order valence-electron chi connectivity index (χ1n) is 9.37. The standard InChI is InChI=1S/C22H25NO3S/c1-4-8-15(13-16-9-7-12-27-16)21(24)23-20-17-10-5-6-11-18(17)25-14-19(20)26-22(23,2)3/h4-7,9-12,15,19-20H,1,8,13-14H2,2-3H3/t15-,19+,20-/m0/s1. The third-order valence-corrected chi connectivity index (χ3v) is 6.26. The molecule has 1 amide bonds. The predicted octanol–water partition coefficient (Wildman–Crippen LogP) is 4.58. The summed E-state index contributed by atoms with van der Waals surface area (Å²) in [5, 5.41) is 2.05. The number of rotatable bonds is 5. The first-order valence-corrected chi connectivity index (χ1v) is 10.2. The molecule has 3 atom stereocenters. The Morgan fingerprint density at radius 3 is 2.93 bits per heavy atom. The summed E-state index contributed by atoms with van der Waals surface area (Å²) in [5.74, 6) is 0.826. The van der Waals surface area contributed by atoms with Crippen molar-refractivity contribution in [3.8, 4) is 5.75 Å². The average Bonchev–Trinajstić information content (AvgIpc) is 3.25. The Morgan fingerprint density at radius 2 is 2.19 bits per heavy atom. The summed E-state index contributed by atoms with van der Waals surface area (Å²) in [6, 6.07) is 12.0. The first-order chi connectivity index (χ1) is 13.0. The minimum Gasteiger partial charge on any atom is -0.490 e. The molecule has 1 aromatic carbocycles. The van der Waals surface area contributed by atoms with Gasteiger partial charge < -0.3 is 14.4 Å². The monoisotopic (exact) mass is 383 g/mol. The van der Waals surface area contributed by atoms with Crippen molar-refractivity contribution in [1.82, 2.24) is 4.90 Å². The van der Waals surface area contributed by atoms with E-state index < -0.39 is 5.72 Å². The zero-order chi connectivity index (χ0) is 19.0. The van der Waals surface area contributed by atoms with E-state index in [9.17, 15) is 4.79 Å². The van der Waals surface area contributed by atoms with Gasteiger partial charge in [0.15, 0.2) is 0 Å². The zero-order valence-electron chi connectivity index (χ0n) is 15.8. The molecule has 1 aromatic heterocycles. The number of hydrogen-bond acceptors (Lipinski definition) is 4. The van der Waals surface area contributed by atoms with Crippen LogP contribution in [0, 0.1) is 5.92 Å². The highest BCUT2D eigenvalue weighted by molar-refractivity contribution is 7.09. The number of ether oxygens (including phenoxy) is 2. The van der Waals surface area contributed by atoms with Crippen molar-refractivity contribution in [2.75, 3.05) is 6.61 Å². The van der Waals surface area contributed by atoms with E-state index >= 15 is 0 Å². The maximum absolute atomic E-state index is 13.7. The van der Waals surface area contributed by atoms with E-state index in [2.05, 4.69) is 18.0 Å². The van der Waals surface area contributed by atoms with Crippen LogP contribution >= 0.6 is 11.3 Å². The van der Waals surface area contributed by atoms with E-state index in [-0.39, 0.29) is 24.0 Å². The Morgan fingerprint density at radius 1 is 1.37 bits per heavy atom. The number of nitrogens with zero attached hydrogens (tertiary/aromatic N) is 1. The van der Waals surface area contributed by atoms with Crippen LogP contribution in [0.25, 0.3) is 0 Å². The van der Waals surface area contributed by atoms with Crippen LogP contribution in [0.5, 0.6) is 5.75 Å². The number of carbonyl (C=O) groups is 1. The van der Waals surface area contributed by atoms with Crippen LogP contribution in [0.1, 0.15) is 36.8 Å². The molecule has 0 spiro atoms. The minimum absolute atomic E-state index is 0.117. The van der Waals surface area contributed by atoms with Gasteiger partial charge in [-0.3, -0.25) is 4.79 Å². The average molecular weight is 384 g/mol. The van der Waals surface area contributed by atoms with Gasteiger partial charge in [-0.15, -0.1) is 17.9 Å². The van der Waals surface area contributed by atoms with E-state index in [0.29, 0.717) is 13.0 Å². The number of para-hydroxylation sites is 1. The molecule has 0 bridgehead atoms. The molecule has 4 nitrogen and oxygen atoms in total. The lowest BCUT2D eigenvalue weighted by molar-refractivity contribution is -0.151. The molecular formula is C22H25NO3S. The predicted molar refractivity (Wildman–Crippen MR) is 107 cm³/mol. The van der Waals surface area contributed by atoms with Gasteiger partial charge in [0.2, 0.25) is 5.91 Å². The topological polar surface area (TPSA) is 38.8 Å². The number of amides is 1. The molecule has 2 aromatic rings. The van der Waals surface area contributed by atoms with Gasteiger partial charge in [0, 0.05) is 16.4 Å². The molecule has 0 aliphatic carbocycles. The number of hydrogen-bond donors (Lipinski definition) is 0. The van der Waals surface area contributed by atoms with E-state index in [1.54, 1.807) is 11.3 Å². The third kappa shape index (κ3) is 3.30. The van der Waals surface area contributed by atoms with Crippen LogP contribution in [-0.2, 0) is 16.0 Å². The van der Waals surface area contributed by atoms with Gasteiger partial charge in [0.05, 0.1) is 6.04 Å². The van der Waals surface area contributed by atoms with E-state index in [1.165, 1.54) is 4.88 Å². The smallest absolute Gasteiger partial charge is 0.229 e. The lowest BCUT2D eigenvalue weighted by Gasteiger charge is -2.37. The third-order valence-electron chi connectivity index (χ3n) is 5.36. The van der Waals surface area contributed by atoms with Gasteiger partial charge in [0.25, 0.3) is 0 Å². The van der Waals surface area contributed by atoms with Crippen LogP contribution in [-0.4, -0.2) is 29.2 Å². The van der Waals surface area contributed by atoms with Gasteiger partial charge >= 0.3 is 0 Å². The van der Waals surface area contributed by atoms with E-state index in [4.69, 9.17) is 9.47 Å². The summed E-state index contributed by atoms with van der Waals surface area (Å²) in [5.41, 5.74) is 0.350. The van der Waals surface area contributed by atoms with Gasteiger partial charge in [-0.2, -0.15) is 0 Å². The SMILES string of the molecule is C=CC[C@@H](Cc1cccs1)C(=O)N1[C@H]2c3ccccc3OC[C@H]2OC1(C)C. The number of benzene rings is 1. The van der Waals surface area contributed by atoms with Gasteiger partial charge in [-0.25, -0.2) is 0 Å². The van der Waals surface area contributed by atoms with Gasteiger partial charge in [0.1, 0.15) is 24.2 Å². The minimum atomic E-state index is -0.678. The lowest BCUT2D eigenvalue weighted by atomic mass is 9.93. The van der Waals surface area contributed by atoms with E-state index in [0.717, 1.165) is 17.7 Å². The molecule has 0 N–H and O–H groups in total. The number of thiophene rings is 1. The quantitative estimate of drug-likeness (QED) is 0.710. The molecule has 142 valence electrons. The van der Waals surface area contributed by atoms with Crippen LogP contribution in [0.15, 0.2) is 54.4 Å². The van der Waals surface area contributed by atoms with Crippen LogP contribution in [0.3, 0.4) is 0 Å². The van der Waals surface area contributed by atoms with Crippen molar-refractivity contribution in [2.45, 2.75) is 44.6 Å². The number of carbonyl (C=O) groups excluding carboxylic acids is 1. The summed E-state index contributed by atoms with van der Waals surface area (Å²) < 4.78 is 12.1. The molecule has 5 heteroatoms. The van der Waals surface area contributed by atoms with Gasteiger partial charge in [-0.05, 0) is 44.2 Å². The molecule has 1 fully saturated rings. The largest absolute Gasteiger partial charge is 0.490 e. The van der Waals surface area contributed by atoms with Crippen molar-refractivity contribution in [1.29, 1.82) is 0 Å². The second-order valence-electron chi connectivity index (χ2n) is 7.61. The highest BCUT2D eigenvalue weighted by Crippen LogP contribution is 2.47. The molecule has 1 saturated heterocycles. The summed E-state index contributed by atoms with van der Waals surface area (Å²) in [4.78, 5) is 16.9. The normalized spacial score (nSPS) is 23.9. The molecule has 4 rings (SSSR count). The molecule has 0 saturated carbocycles. The Balaban J connectivity index is 1.69. The summed E-state index contributed by atoms with van der Waals surface area (Å²) in [7, 11) is 0. The fourth-order valence-corrected chi connectivity index (χ4v) is 5.02. The highest BCUT2D eigenvalue weighted by Gasteiger charge is 2.53. The Labute approximate surface area is 164 Å². The van der Waals surface area contributed by atoms with Crippen molar-refractivity contribution in [3.05, 3.63) is 64.9 Å². The summed E-state index contributed by atoms with van der Waals surface area (Å²) in [6.45, 7) is 8.29. The Bertz CT molecular complexity index is 830. The zero-order valence-corrected chi connectivity index (χ0v) is 16.6. The van der Waals surface area contributed by atoms with Crippen molar-refractivity contribution in [2.24, 2.45) is 5.92 Å². The van der Waals surface area contributed by atoms with Gasteiger partial charge in [-0.1, -0.05) is 30.3 Å². The maximum atomic E-state index is 13.7. The Kier molecular flexibility index (Phi) is 4.82. The molecule has 3 heterocycles. The second-order valence-corrected chi connectivity index (χ2v) is 8.64. The molecule has 0 unspecified atom stereocenters. The molecular weight excluding hydrogens is 358 g/mol. The fraction of sp³-hybridized carbons (Fsp3) is 0.409. The first kappa shape index (κ1) is 18.3. The summed E-state index contributed by atoms with van der Waals surface area (Å²) in [6.07, 6.45) is 3.07. The van der Waals surface area contributed by atoms with Crippen LogP contribution < -0.4 is 4.74 Å². The molecule has 2 aliphatic rings. The number of allylic oxidation sites excluding steroid dienone is 1. The van der Waals surface area contributed by atoms with E-state index in [1.807, 2.05) is 55.2 Å². The second kappa shape index (κ2) is 7.13. The summed E-state index contributed by atoms with van der Waals surface area (Å²) >= 11 is 1.69. The maximum Gasteiger partial charge on any atom is 0.229 e. The number of fused-ring (bicyclic) bond motifs is 3. The van der Waals surface area contributed by atoms with Crippen molar-refractivity contribution in [3.63, 3.8) is 0 Å². The molecule has 2 aliphatic heterocycles. The van der Waals surface area contributed by atoms with Crippen LogP contribution in [0.2, 0.25) is 0 Å². The van der Waals surface area contributed by atoms with Crippen molar-refractivity contribution < 1.29 is 14.3 Å². The van der Waals surface area contributed by atoms with Crippen LogP contribution in [0.4, 0.5) is 0 Å². The lowest BCUT2D eigenvalue weighted by Crippen LogP contribution is -2.48. The highest BCUT2D eigenvalue weighted by atomic mass is 32.1. The molecule has 0 radical (unpaired) electrons. The molecule has 27 heavy (non-hydrogen) atoms. The van der Waals surface area contributed by atoms with Crippen molar-refractivity contribution >= 4 is 17.2 Å².